The lowest BCUT2D eigenvalue weighted by Gasteiger charge is -2.15. The lowest BCUT2D eigenvalue weighted by Crippen LogP contribution is -2.15. The molecule has 0 unspecified atom stereocenters. The van der Waals surface area contributed by atoms with Crippen LogP contribution in [0.3, 0.4) is 0 Å². The van der Waals surface area contributed by atoms with E-state index >= 15 is 0 Å². The summed E-state index contributed by atoms with van der Waals surface area (Å²) in [6.45, 7) is 12.4. The Morgan fingerprint density at radius 2 is 1.74 bits per heavy atom. The van der Waals surface area contributed by atoms with Gasteiger partial charge in [-0.2, -0.15) is 0 Å². The molecular weight excluding hydrogens is 424 g/mol. The summed E-state index contributed by atoms with van der Waals surface area (Å²) >= 11 is 0. The summed E-state index contributed by atoms with van der Waals surface area (Å²) in [5.74, 6) is 0.814. The van der Waals surface area contributed by atoms with Gasteiger partial charge in [0.1, 0.15) is 6.61 Å². The van der Waals surface area contributed by atoms with E-state index in [2.05, 4.69) is 50.1 Å². The number of hydrogen-bond donors (Lipinski definition) is 2. The fourth-order valence-electron chi connectivity index (χ4n) is 3.85. The van der Waals surface area contributed by atoms with Crippen LogP contribution in [0.4, 0.5) is 5.69 Å². The molecule has 1 aromatic carbocycles. The lowest BCUT2D eigenvalue weighted by atomic mass is 10.1. The van der Waals surface area contributed by atoms with Crippen molar-refractivity contribution in [2.45, 2.75) is 86.0 Å². The summed E-state index contributed by atoms with van der Waals surface area (Å²) in [4.78, 5) is 15.9. The molecule has 1 heterocycles. The fourth-order valence-corrected chi connectivity index (χ4v) is 3.85. The topological polar surface area (TPSA) is 63.4 Å². The van der Waals surface area contributed by atoms with Gasteiger partial charge in [0.05, 0.1) is 12.1 Å². The third-order valence-electron chi connectivity index (χ3n) is 5.80. The second-order valence-electron chi connectivity index (χ2n) is 9.20. The number of ether oxygens (including phenoxy) is 2. The number of allylic oxidation sites excluding steroid dienone is 3. The third-order valence-corrected chi connectivity index (χ3v) is 5.80. The summed E-state index contributed by atoms with van der Waals surface area (Å²) in [5.41, 5.74) is 4.08. The van der Waals surface area contributed by atoms with Crippen molar-refractivity contribution in [2.24, 2.45) is 0 Å². The van der Waals surface area contributed by atoms with Gasteiger partial charge in [-0.1, -0.05) is 56.3 Å². The van der Waals surface area contributed by atoms with Crippen molar-refractivity contribution in [3.05, 3.63) is 51.9 Å². The van der Waals surface area contributed by atoms with Crippen LogP contribution in [0.5, 0.6) is 11.5 Å². The van der Waals surface area contributed by atoms with E-state index in [1.807, 2.05) is 25.1 Å². The van der Waals surface area contributed by atoms with Gasteiger partial charge in [-0.15, -0.1) is 0 Å². The van der Waals surface area contributed by atoms with Crippen LogP contribution in [0.2, 0.25) is 0 Å². The van der Waals surface area contributed by atoms with E-state index in [1.165, 1.54) is 36.8 Å². The molecule has 188 valence electrons. The molecule has 0 aliphatic heterocycles. The molecule has 2 rings (SSSR count). The summed E-state index contributed by atoms with van der Waals surface area (Å²) < 4.78 is 12.2. The number of aromatic nitrogens is 1. The van der Waals surface area contributed by atoms with Gasteiger partial charge < -0.3 is 19.8 Å². The number of anilines is 1. The highest BCUT2D eigenvalue weighted by Gasteiger charge is 2.16. The number of benzene rings is 1. The highest BCUT2D eigenvalue weighted by molar-refractivity contribution is 5.89. The lowest BCUT2D eigenvalue weighted by molar-refractivity contribution is 0.274. The Morgan fingerprint density at radius 1 is 0.971 bits per heavy atom. The van der Waals surface area contributed by atoms with Gasteiger partial charge in [0, 0.05) is 17.6 Å². The predicted octanol–water partition coefficient (Wildman–Crippen LogP) is 7.77. The predicted molar refractivity (Wildman–Crippen MR) is 146 cm³/mol. The summed E-state index contributed by atoms with van der Waals surface area (Å²) in [6, 6.07) is 5.95. The standard InChI is InChI=1S/C29H44N2O3/c1-6-8-9-10-11-12-19-33-28-27(34-20-18-23(5)15-13-14-22(3)4)25-17-16-24(30-7-2)21-26(25)31-29(28)32/h14,16-18,21,30H,6-13,15,19-20H2,1-5H3,(H,31,32). The first-order valence-electron chi connectivity index (χ1n) is 12.9. The first kappa shape index (κ1) is 27.6. The molecular formula is C29H44N2O3. The van der Waals surface area contributed by atoms with Crippen molar-refractivity contribution >= 4 is 16.6 Å². The maximum Gasteiger partial charge on any atom is 0.294 e. The third kappa shape index (κ3) is 9.28. The smallest absolute Gasteiger partial charge is 0.294 e. The Balaban J connectivity index is 2.18. The number of nitrogens with one attached hydrogen (secondary N) is 2. The normalized spacial score (nSPS) is 11.5. The van der Waals surface area contributed by atoms with Crippen LogP contribution in [-0.4, -0.2) is 24.7 Å². The molecule has 0 spiro atoms. The zero-order valence-electron chi connectivity index (χ0n) is 21.9. The van der Waals surface area contributed by atoms with Gasteiger partial charge >= 0.3 is 0 Å². The summed E-state index contributed by atoms with van der Waals surface area (Å²) in [6.07, 6.45) is 13.4. The maximum absolute atomic E-state index is 12.9. The van der Waals surface area contributed by atoms with Crippen molar-refractivity contribution in [3.63, 3.8) is 0 Å². The highest BCUT2D eigenvalue weighted by atomic mass is 16.5. The number of rotatable bonds is 16. The number of fused-ring (bicyclic) bond motifs is 1. The molecule has 0 saturated carbocycles. The largest absolute Gasteiger partial charge is 0.485 e. The Labute approximate surface area is 205 Å². The van der Waals surface area contributed by atoms with Crippen LogP contribution in [0.1, 0.15) is 86.0 Å². The van der Waals surface area contributed by atoms with Crippen molar-refractivity contribution in [3.8, 4) is 11.5 Å². The first-order chi connectivity index (χ1) is 16.5. The van der Waals surface area contributed by atoms with Crippen molar-refractivity contribution in [2.75, 3.05) is 25.1 Å². The van der Waals surface area contributed by atoms with E-state index in [-0.39, 0.29) is 11.3 Å². The van der Waals surface area contributed by atoms with Gasteiger partial charge in [0.25, 0.3) is 5.56 Å². The molecule has 0 saturated heterocycles. The first-order valence-corrected chi connectivity index (χ1v) is 12.9. The number of aromatic amines is 1. The molecule has 0 radical (unpaired) electrons. The average molecular weight is 469 g/mol. The highest BCUT2D eigenvalue weighted by Crippen LogP contribution is 2.33. The van der Waals surface area contributed by atoms with Gasteiger partial charge in [-0.3, -0.25) is 4.79 Å². The molecule has 0 atom stereocenters. The van der Waals surface area contributed by atoms with E-state index in [0.717, 1.165) is 48.8 Å². The van der Waals surface area contributed by atoms with Crippen molar-refractivity contribution in [1.29, 1.82) is 0 Å². The Morgan fingerprint density at radius 3 is 2.47 bits per heavy atom. The van der Waals surface area contributed by atoms with E-state index in [1.54, 1.807) is 0 Å². The number of pyridine rings is 1. The Bertz CT molecular complexity index is 1000. The molecule has 5 nitrogen and oxygen atoms in total. The average Bonchev–Trinajstić information content (AvgIpc) is 2.79. The minimum absolute atomic E-state index is 0.244. The monoisotopic (exact) mass is 468 g/mol. The van der Waals surface area contributed by atoms with Crippen LogP contribution in [0.15, 0.2) is 46.3 Å². The SMILES string of the molecule is CCCCCCCCOc1c(OCC=C(C)CCC=C(C)C)c2ccc(NCC)cc2[nH]c1=O. The molecule has 0 bridgehead atoms. The van der Waals surface area contributed by atoms with Gasteiger partial charge in [-0.05, 0) is 71.2 Å². The molecule has 0 aliphatic rings. The molecule has 1 aromatic heterocycles. The molecule has 34 heavy (non-hydrogen) atoms. The quantitative estimate of drug-likeness (QED) is 0.195. The van der Waals surface area contributed by atoms with Crippen LogP contribution < -0.4 is 20.3 Å². The van der Waals surface area contributed by atoms with Crippen LogP contribution in [-0.2, 0) is 0 Å². The fraction of sp³-hybridized carbons (Fsp3) is 0.552. The zero-order valence-corrected chi connectivity index (χ0v) is 21.9. The number of hydrogen-bond acceptors (Lipinski definition) is 4. The van der Waals surface area contributed by atoms with Gasteiger partial charge in [0.2, 0.25) is 5.75 Å². The molecule has 2 N–H and O–H groups in total. The van der Waals surface area contributed by atoms with Crippen molar-refractivity contribution < 1.29 is 9.47 Å². The molecule has 0 aliphatic carbocycles. The van der Waals surface area contributed by atoms with E-state index < -0.39 is 0 Å². The van der Waals surface area contributed by atoms with E-state index in [9.17, 15) is 4.79 Å². The molecule has 0 fully saturated rings. The maximum atomic E-state index is 12.9. The molecule has 0 amide bonds. The van der Waals surface area contributed by atoms with Crippen LogP contribution in [0, 0.1) is 0 Å². The number of unbranched alkanes of at least 4 members (excludes halogenated alkanes) is 5. The minimum atomic E-state index is -0.244. The van der Waals surface area contributed by atoms with E-state index in [4.69, 9.17) is 9.47 Å². The molecule has 2 aromatic rings. The second kappa shape index (κ2) is 15.3. The Kier molecular flexibility index (Phi) is 12.4. The summed E-state index contributed by atoms with van der Waals surface area (Å²) in [5, 5.41) is 4.15. The van der Waals surface area contributed by atoms with Gasteiger partial charge in [0.15, 0.2) is 5.75 Å². The van der Waals surface area contributed by atoms with Crippen LogP contribution >= 0.6 is 0 Å². The summed E-state index contributed by atoms with van der Waals surface area (Å²) in [7, 11) is 0. The zero-order chi connectivity index (χ0) is 24.8. The minimum Gasteiger partial charge on any atom is -0.485 e. The molecule has 5 heteroatoms. The van der Waals surface area contributed by atoms with Gasteiger partial charge in [-0.25, -0.2) is 0 Å². The van der Waals surface area contributed by atoms with E-state index in [0.29, 0.717) is 19.0 Å². The Hall–Kier alpha value is -2.69. The van der Waals surface area contributed by atoms with Crippen molar-refractivity contribution in [1.82, 2.24) is 4.98 Å². The van der Waals surface area contributed by atoms with Crippen LogP contribution in [0.25, 0.3) is 10.9 Å². The number of H-pyrrole nitrogens is 1. The second-order valence-corrected chi connectivity index (χ2v) is 9.20.